The Hall–Kier alpha value is -1.06. The molecule has 1 aliphatic carbocycles. The number of nitrogens with one attached hydrogen (secondary N) is 1. The molecule has 2 amide bonds. The van der Waals surface area contributed by atoms with Crippen molar-refractivity contribution >= 4 is 11.8 Å². The van der Waals surface area contributed by atoms with Gasteiger partial charge in [-0.05, 0) is 32.1 Å². The van der Waals surface area contributed by atoms with Crippen LogP contribution in [0.3, 0.4) is 0 Å². The number of carbonyl (C=O) groups excluding carboxylic acids is 2. The second-order valence-corrected chi connectivity index (χ2v) is 5.13. The van der Waals surface area contributed by atoms with Crippen LogP contribution in [0.2, 0.25) is 0 Å². The van der Waals surface area contributed by atoms with Gasteiger partial charge in [0, 0.05) is 19.6 Å². The standard InChI is InChI=1S/C13H22N2O2/c1-2-6-14-12(16)10-9-11(10)13(17)15-7-4-3-5-8-15/h10-11H,2-9H2,1H3,(H,14,16). The highest BCUT2D eigenvalue weighted by atomic mass is 16.2. The molecule has 1 aliphatic heterocycles. The van der Waals surface area contributed by atoms with E-state index in [1.165, 1.54) is 6.42 Å². The van der Waals surface area contributed by atoms with E-state index < -0.39 is 0 Å². The maximum Gasteiger partial charge on any atom is 0.226 e. The molecule has 17 heavy (non-hydrogen) atoms. The zero-order chi connectivity index (χ0) is 12.3. The molecule has 2 aliphatic rings. The molecule has 1 saturated carbocycles. The molecule has 4 heteroatoms. The normalized spacial score (nSPS) is 27.7. The Kier molecular flexibility index (Phi) is 4.02. The van der Waals surface area contributed by atoms with E-state index in [1.807, 2.05) is 11.8 Å². The largest absolute Gasteiger partial charge is 0.356 e. The van der Waals surface area contributed by atoms with E-state index in [2.05, 4.69) is 5.32 Å². The molecule has 2 fully saturated rings. The second kappa shape index (κ2) is 5.52. The number of hydrogen-bond donors (Lipinski definition) is 1. The van der Waals surface area contributed by atoms with Gasteiger partial charge in [0.15, 0.2) is 0 Å². The first kappa shape index (κ1) is 12.4. The summed E-state index contributed by atoms with van der Waals surface area (Å²) in [6.45, 7) is 4.53. The molecule has 0 radical (unpaired) electrons. The Labute approximate surface area is 103 Å². The fraction of sp³-hybridized carbons (Fsp3) is 0.846. The molecule has 0 bridgehead atoms. The Morgan fingerprint density at radius 2 is 1.88 bits per heavy atom. The molecule has 2 unspecified atom stereocenters. The van der Waals surface area contributed by atoms with Crippen molar-refractivity contribution in [3.8, 4) is 0 Å². The van der Waals surface area contributed by atoms with Crippen molar-refractivity contribution in [3.05, 3.63) is 0 Å². The lowest BCUT2D eigenvalue weighted by molar-refractivity contribution is -0.135. The van der Waals surface area contributed by atoms with E-state index in [0.29, 0.717) is 0 Å². The van der Waals surface area contributed by atoms with Gasteiger partial charge in [0.25, 0.3) is 0 Å². The van der Waals surface area contributed by atoms with E-state index in [1.54, 1.807) is 0 Å². The first-order valence-electron chi connectivity index (χ1n) is 6.80. The maximum atomic E-state index is 12.1. The van der Waals surface area contributed by atoms with Gasteiger partial charge < -0.3 is 10.2 Å². The number of rotatable bonds is 4. The van der Waals surface area contributed by atoms with Crippen LogP contribution in [-0.4, -0.2) is 36.3 Å². The van der Waals surface area contributed by atoms with Crippen LogP contribution < -0.4 is 5.32 Å². The summed E-state index contributed by atoms with van der Waals surface area (Å²) in [5.41, 5.74) is 0. The van der Waals surface area contributed by atoms with E-state index >= 15 is 0 Å². The number of nitrogens with zero attached hydrogens (tertiary/aromatic N) is 1. The molecule has 0 spiro atoms. The van der Waals surface area contributed by atoms with Gasteiger partial charge in [-0.15, -0.1) is 0 Å². The van der Waals surface area contributed by atoms with Crippen molar-refractivity contribution < 1.29 is 9.59 Å². The third-order valence-electron chi connectivity index (χ3n) is 3.66. The molecule has 2 rings (SSSR count). The van der Waals surface area contributed by atoms with Crippen molar-refractivity contribution in [1.29, 1.82) is 0 Å². The summed E-state index contributed by atoms with van der Waals surface area (Å²) >= 11 is 0. The lowest BCUT2D eigenvalue weighted by atomic mass is 10.1. The minimum atomic E-state index is -0.0454. The van der Waals surface area contributed by atoms with Crippen LogP contribution in [0.5, 0.6) is 0 Å². The number of carbonyl (C=O) groups is 2. The van der Waals surface area contributed by atoms with Crippen LogP contribution in [-0.2, 0) is 9.59 Å². The molecule has 1 N–H and O–H groups in total. The van der Waals surface area contributed by atoms with E-state index in [4.69, 9.17) is 0 Å². The van der Waals surface area contributed by atoms with Crippen LogP contribution in [0.1, 0.15) is 39.0 Å². The van der Waals surface area contributed by atoms with Crippen molar-refractivity contribution in [2.45, 2.75) is 39.0 Å². The summed E-state index contributed by atoms with van der Waals surface area (Å²) in [4.78, 5) is 25.7. The molecule has 0 aromatic carbocycles. The quantitative estimate of drug-likeness (QED) is 0.799. The topological polar surface area (TPSA) is 49.4 Å². The summed E-state index contributed by atoms with van der Waals surface area (Å²) in [5.74, 6) is 0.212. The van der Waals surface area contributed by atoms with Crippen LogP contribution in [0, 0.1) is 11.8 Å². The average Bonchev–Trinajstić information content (AvgIpc) is 3.16. The first-order valence-corrected chi connectivity index (χ1v) is 6.80. The molecule has 0 aromatic rings. The molecule has 2 atom stereocenters. The summed E-state index contributed by atoms with van der Waals surface area (Å²) in [6.07, 6.45) is 5.17. The highest BCUT2D eigenvalue weighted by molar-refractivity contribution is 5.92. The summed E-state index contributed by atoms with van der Waals surface area (Å²) in [6, 6.07) is 0. The van der Waals surface area contributed by atoms with E-state index in [0.717, 1.165) is 45.3 Å². The van der Waals surface area contributed by atoms with Crippen LogP contribution >= 0.6 is 0 Å². The zero-order valence-corrected chi connectivity index (χ0v) is 10.6. The van der Waals surface area contributed by atoms with Gasteiger partial charge in [0.2, 0.25) is 11.8 Å². The van der Waals surface area contributed by atoms with Crippen molar-refractivity contribution in [1.82, 2.24) is 10.2 Å². The van der Waals surface area contributed by atoms with Gasteiger partial charge >= 0.3 is 0 Å². The van der Waals surface area contributed by atoms with E-state index in [9.17, 15) is 9.59 Å². The number of likely N-dealkylation sites (tertiary alicyclic amines) is 1. The van der Waals surface area contributed by atoms with Gasteiger partial charge in [-0.25, -0.2) is 0 Å². The first-order chi connectivity index (χ1) is 8.24. The smallest absolute Gasteiger partial charge is 0.226 e. The Bertz CT molecular complexity index is 298. The molecule has 0 aromatic heterocycles. The fourth-order valence-electron chi connectivity index (χ4n) is 2.49. The van der Waals surface area contributed by atoms with Gasteiger partial charge in [-0.3, -0.25) is 9.59 Å². The predicted octanol–water partition coefficient (Wildman–Crippen LogP) is 1.16. The number of amides is 2. The molecular weight excluding hydrogens is 216 g/mol. The highest BCUT2D eigenvalue weighted by Gasteiger charge is 2.49. The van der Waals surface area contributed by atoms with Gasteiger partial charge in [0.05, 0.1) is 11.8 Å². The molecule has 96 valence electrons. The zero-order valence-electron chi connectivity index (χ0n) is 10.6. The number of piperidine rings is 1. The lowest BCUT2D eigenvalue weighted by Crippen LogP contribution is -2.38. The van der Waals surface area contributed by atoms with E-state index in [-0.39, 0.29) is 23.7 Å². The monoisotopic (exact) mass is 238 g/mol. The Morgan fingerprint density at radius 3 is 2.53 bits per heavy atom. The third kappa shape index (κ3) is 2.99. The SMILES string of the molecule is CCCNC(=O)C1CC1C(=O)N1CCCCC1. The van der Waals surface area contributed by atoms with Crippen molar-refractivity contribution in [3.63, 3.8) is 0 Å². The molecule has 1 heterocycles. The summed E-state index contributed by atoms with van der Waals surface area (Å²) in [7, 11) is 0. The second-order valence-electron chi connectivity index (χ2n) is 5.13. The summed E-state index contributed by atoms with van der Waals surface area (Å²) in [5, 5.41) is 2.87. The van der Waals surface area contributed by atoms with Crippen molar-refractivity contribution in [2.75, 3.05) is 19.6 Å². The summed E-state index contributed by atoms with van der Waals surface area (Å²) < 4.78 is 0. The van der Waals surface area contributed by atoms with Crippen LogP contribution in [0.4, 0.5) is 0 Å². The van der Waals surface area contributed by atoms with Crippen LogP contribution in [0.15, 0.2) is 0 Å². The Morgan fingerprint density at radius 1 is 1.18 bits per heavy atom. The minimum absolute atomic E-state index is 0.0232. The number of hydrogen-bond acceptors (Lipinski definition) is 2. The molecule has 1 saturated heterocycles. The van der Waals surface area contributed by atoms with Gasteiger partial charge in [-0.1, -0.05) is 6.92 Å². The van der Waals surface area contributed by atoms with Gasteiger partial charge in [-0.2, -0.15) is 0 Å². The lowest BCUT2D eigenvalue weighted by Gasteiger charge is -2.26. The predicted molar refractivity (Wildman–Crippen MR) is 65.3 cm³/mol. The highest BCUT2D eigenvalue weighted by Crippen LogP contribution is 2.40. The molecule has 4 nitrogen and oxygen atoms in total. The van der Waals surface area contributed by atoms with Crippen molar-refractivity contribution in [2.24, 2.45) is 11.8 Å². The fourth-order valence-corrected chi connectivity index (χ4v) is 2.49. The Balaban J connectivity index is 1.77. The maximum absolute atomic E-state index is 12.1. The van der Waals surface area contributed by atoms with Gasteiger partial charge in [0.1, 0.15) is 0 Å². The average molecular weight is 238 g/mol. The third-order valence-corrected chi connectivity index (χ3v) is 3.66. The van der Waals surface area contributed by atoms with Crippen LogP contribution in [0.25, 0.3) is 0 Å². The molecular formula is C13H22N2O2. The minimum Gasteiger partial charge on any atom is -0.356 e.